The molecule has 0 radical (unpaired) electrons. The van der Waals surface area contributed by atoms with E-state index in [0.717, 1.165) is 0 Å². The Morgan fingerprint density at radius 2 is 2.00 bits per heavy atom. The Labute approximate surface area is 87.4 Å². The third-order valence-corrected chi connectivity index (χ3v) is 2.36. The first-order chi connectivity index (χ1) is 7.03. The Morgan fingerprint density at radius 1 is 1.47 bits per heavy atom. The van der Waals surface area contributed by atoms with Gasteiger partial charge in [0.15, 0.2) is 0 Å². The molecule has 0 heterocycles. The fourth-order valence-electron chi connectivity index (χ4n) is 1.34. The van der Waals surface area contributed by atoms with Gasteiger partial charge in [-0.1, -0.05) is 30.3 Å². The van der Waals surface area contributed by atoms with Crippen molar-refractivity contribution in [1.29, 1.82) is 5.26 Å². The van der Waals surface area contributed by atoms with Gasteiger partial charge in [-0.15, -0.1) is 0 Å². The number of nitriles is 1. The lowest BCUT2D eigenvalue weighted by Gasteiger charge is -2.25. The highest BCUT2D eigenvalue weighted by Gasteiger charge is 2.43. The monoisotopic (exact) mass is 205 g/mol. The number of nitrogens with zero attached hydrogens (tertiary/aromatic N) is 1. The standard InChI is InChI=1S/C11H11NO3/c1-8(7-12)11(15,10(13)14)9-5-3-2-4-6-9/h2-6,8,15H,1H3,(H,13,14). The van der Waals surface area contributed by atoms with Gasteiger partial charge in [0.25, 0.3) is 0 Å². The molecule has 1 aromatic carbocycles. The van der Waals surface area contributed by atoms with Crippen molar-refractivity contribution in [2.45, 2.75) is 12.5 Å². The van der Waals surface area contributed by atoms with Crippen LogP contribution in [0.3, 0.4) is 0 Å². The molecular formula is C11H11NO3. The molecule has 2 unspecified atom stereocenters. The highest BCUT2D eigenvalue weighted by molar-refractivity contribution is 5.80. The van der Waals surface area contributed by atoms with Crippen LogP contribution < -0.4 is 0 Å². The third kappa shape index (κ3) is 1.83. The van der Waals surface area contributed by atoms with E-state index in [-0.39, 0.29) is 5.56 Å². The molecular weight excluding hydrogens is 194 g/mol. The summed E-state index contributed by atoms with van der Waals surface area (Å²) in [6.07, 6.45) is 0. The van der Waals surface area contributed by atoms with Crippen LogP contribution in [0.2, 0.25) is 0 Å². The topological polar surface area (TPSA) is 81.3 Å². The Balaban J connectivity index is 3.26. The summed E-state index contributed by atoms with van der Waals surface area (Å²) < 4.78 is 0. The Morgan fingerprint density at radius 3 is 2.40 bits per heavy atom. The van der Waals surface area contributed by atoms with E-state index in [9.17, 15) is 9.90 Å². The molecule has 15 heavy (non-hydrogen) atoms. The number of rotatable bonds is 3. The van der Waals surface area contributed by atoms with Crippen molar-refractivity contribution in [2.75, 3.05) is 0 Å². The van der Waals surface area contributed by atoms with Crippen LogP contribution in [-0.4, -0.2) is 16.2 Å². The summed E-state index contributed by atoms with van der Waals surface area (Å²) in [5.74, 6) is -2.43. The van der Waals surface area contributed by atoms with Gasteiger partial charge in [-0.2, -0.15) is 5.26 Å². The minimum absolute atomic E-state index is 0.214. The maximum atomic E-state index is 11.0. The SMILES string of the molecule is CC(C#N)C(O)(C(=O)O)c1ccccc1. The smallest absolute Gasteiger partial charge is 0.341 e. The molecule has 2 N–H and O–H groups in total. The van der Waals surface area contributed by atoms with Gasteiger partial charge < -0.3 is 10.2 Å². The van der Waals surface area contributed by atoms with Crippen LogP contribution in [0, 0.1) is 17.2 Å². The first-order valence-corrected chi connectivity index (χ1v) is 4.44. The largest absolute Gasteiger partial charge is 0.479 e. The van der Waals surface area contributed by atoms with Gasteiger partial charge in [-0.25, -0.2) is 4.79 Å². The van der Waals surface area contributed by atoms with Crippen molar-refractivity contribution in [3.63, 3.8) is 0 Å². The molecule has 0 spiro atoms. The molecule has 1 aromatic rings. The normalized spacial score (nSPS) is 16.1. The maximum absolute atomic E-state index is 11.0. The first-order valence-electron chi connectivity index (χ1n) is 4.44. The molecule has 0 aromatic heterocycles. The van der Waals surface area contributed by atoms with Crippen molar-refractivity contribution in [3.8, 4) is 6.07 Å². The Kier molecular flexibility index (Phi) is 3.08. The van der Waals surface area contributed by atoms with Crippen molar-refractivity contribution >= 4 is 5.97 Å². The van der Waals surface area contributed by atoms with Crippen LogP contribution in [0.4, 0.5) is 0 Å². The second-order valence-corrected chi connectivity index (χ2v) is 3.29. The van der Waals surface area contributed by atoms with E-state index in [1.54, 1.807) is 24.3 Å². The van der Waals surface area contributed by atoms with Crippen LogP contribution in [-0.2, 0) is 10.4 Å². The van der Waals surface area contributed by atoms with Gasteiger partial charge in [0.2, 0.25) is 5.60 Å². The van der Waals surface area contributed by atoms with Crippen molar-refractivity contribution in [2.24, 2.45) is 5.92 Å². The summed E-state index contributed by atoms with van der Waals surface area (Å²) in [5.41, 5.74) is -1.93. The molecule has 0 aliphatic carbocycles. The summed E-state index contributed by atoms with van der Waals surface area (Å²) in [5, 5.41) is 27.7. The van der Waals surface area contributed by atoms with Crippen LogP contribution in [0.15, 0.2) is 30.3 Å². The van der Waals surface area contributed by atoms with Gasteiger partial charge in [-0.05, 0) is 12.5 Å². The number of hydrogen-bond acceptors (Lipinski definition) is 3. The first kappa shape index (κ1) is 11.2. The second kappa shape index (κ2) is 4.11. The van der Waals surface area contributed by atoms with Crippen LogP contribution >= 0.6 is 0 Å². The number of aliphatic hydroxyl groups is 1. The molecule has 4 heteroatoms. The van der Waals surface area contributed by atoms with Gasteiger partial charge in [-0.3, -0.25) is 0 Å². The lowest BCUT2D eigenvalue weighted by molar-refractivity contribution is -0.163. The maximum Gasteiger partial charge on any atom is 0.341 e. The van der Waals surface area contributed by atoms with E-state index in [0.29, 0.717) is 0 Å². The molecule has 2 atom stereocenters. The molecule has 0 aliphatic rings. The lowest BCUT2D eigenvalue weighted by Crippen LogP contribution is -2.41. The number of carboxylic acids is 1. The summed E-state index contributed by atoms with van der Waals surface area (Å²) in [7, 11) is 0. The highest BCUT2D eigenvalue weighted by atomic mass is 16.4. The number of benzene rings is 1. The van der Waals surface area contributed by atoms with E-state index >= 15 is 0 Å². The number of hydrogen-bond donors (Lipinski definition) is 2. The molecule has 1 rings (SSSR count). The summed E-state index contributed by atoms with van der Waals surface area (Å²) >= 11 is 0. The summed E-state index contributed by atoms with van der Waals surface area (Å²) in [6, 6.07) is 9.68. The van der Waals surface area contributed by atoms with E-state index in [4.69, 9.17) is 10.4 Å². The van der Waals surface area contributed by atoms with Crippen molar-refractivity contribution < 1.29 is 15.0 Å². The Hall–Kier alpha value is -1.86. The van der Waals surface area contributed by atoms with Gasteiger partial charge >= 0.3 is 5.97 Å². The second-order valence-electron chi connectivity index (χ2n) is 3.29. The van der Waals surface area contributed by atoms with Crippen LogP contribution in [0.1, 0.15) is 12.5 Å². The zero-order chi connectivity index (χ0) is 11.5. The Bertz CT molecular complexity index is 396. The fraction of sp³-hybridized carbons (Fsp3) is 0.273. The predicted molar refractivity (Wildman–Crippen MR) is 52.8 cm³/mol. The zero-order valence-corrected chi connectivity index (χ0v) is 8.21. The molecule has 0 saturated carbocycles. The summed E-state index contributed by atoms with van der Waals surface area (Å²) in [6.45, 7) is 1.38. The fourth-order valence-corrected chi connectivity index (χ4v) is 1.34. The molecule has 78 valence electrons. The zero-order valence-electron chi connectivity index (χ0n) is 8.21. The predicted octanol–water partition coefficient (Wildman–Crippen LogP) is 1.12. The molecule has 4 nitrogen and oxygen atoms in total. The lowest BCUT2D eigenvalue weighted by atomic mass is 9.83. The minimum Gasteiger partial charge on any atom is -0.479 e. The molecule has 0 amide bonds. The molecule has 0 bridgehead atoms. The molecule has 0 fully saturated rings. The van der Waals surface area contributed by atoms with E-state index < -0.39 is 17.5 Å². The van der Waals surface area contributed by atoms with E-state index in [1.165, 1.54) is 19.1 Å². The van der Waals surface area contributed by atoms with Crippen molar-refractivity contribution in [1.82, 2.24) is 0 Å². The quantitative estimate of drug-likeness (QED) is 0.774. The average Bonchev–Trinajstić information content (AvgIpc) is 2.27. The summed E-state index contributed by atoms with van der Waals surface area (Å²) in [4.78, 5) is 11.0. The van der Waals surface area contributed by atoms with E-state index in [2.05, 4.69) is 0 Å². The van der Waals surface area contributed by atoms with Crippen molar-refractivity contribution in [3.05, 3.63) is 35.9 Å². The van der Waals surface area contributed by atoms with Gasteiger partial charge in [0.05, 0.1) is 12.0 Å². The van der Waals surface area contributed by atoms with Gasteiger partial charge in [0.1, 0.15) is 0 Å². The van der Waals surface area contributed by atoms with Gasteiger partial charge in [0, 0.05) is 0 Å². The van der Waals surface area contributed by atoms with E-state index in [1.807, 2.05) is 0 Å². The number of carbonyl (C=O) groups is 1. The minimum atomic E-state index is -2.14. The molecule has 0 aliphatic heterocycles. The third-order valence-electron chi connectivity index (χ3n) is 2.36. The highest BCUT2D eigenvalue weighted by Crippen LogP contribution is 2.29. The number of aliphatic carboxylic acids is 1. The number of carboxylic acid groups (broad SMARTS) is 1. The van der Waals surface area contributed by atoms with Crippen LogP contribution in [0.25, 0.3) is 0 Å². The van der Waals surface area contributed by atoms with Crippen LogP contribution in [0.5, 0.6) is 0 Å². The molecule has 0 saturated heterocycles. The average molecular weight is 205 g/mol.